The van der Waals surface area contributed by atoms with Crippen LogP contribution >= 0.6 is 0 Å². The van der Waals surface area contributed by atoms with Crippen LogP contribution in [0.25, 0.3) is 0 Å². The van der Waals surface area contributed by atoms with Gasteiger partial charge >= 0.3 is 6.18 Å². The Labute approximate surface area is 97.0 Å². The average Bonchev–Trinajstić information content (AvgIpc) is 2.30. The third-order valence-corrected chi connectivity index (χ3v) is 2.67. The van der Waals surface area contributed by atoms with E-state index in [-0.39, 0.29) is 11.9 Å². The molecular weight excluding hydrogens is 233 g/mol. The first-order valence-electron chi connectivity index (χ1n) is 5.46. The molecule has 1 fully saturated rings. The molecule has 0 aromatic carbocycles. The van der Waals surface area contributed by atoms with Crippen LogP contribution in [0, 0.1) is 0 Å². The van der Waals surface area contributed by atoms with E-state index >= 15 is 0 Å². The number of rotatable bonds is 2. The van der Waals surface area contributed by atoms with Crippen LogP contribution in [0.2, 0.25) is 0 Å². The first kappa shape index (κ1) is 12.2. The Bertz CT molecular complexity index is 375. The van der Waals surface area contributed by atoms with Crippen LogP contribution in [0.3, 0.4) is 0 Å². The SMILES string of the molecule is FC(F)(F)c1ccncc1OC1CCNCC1. The summed E-state index contributed by atoms with van der Waals surface area (Å²) in [7, 11) is 0. The molecule has 0 aliphatic carbocycles. The van der Waals surface area contributed by atoms with E-state index in [1.54, 1.807) is 0 Å². The van der Waals surface area contributed by atoms with Crippen LogP contribution in [0.15, 0.2) is 18.5 Å². The molecule has 0 amide bonds. The van der Waals surface area contributed by atoms with Gasteiger partial charge in [-0.1, -0.05) is 0 Å². The molecule has 2 heterocycles. The maximum Gasteiger partial charge on any atom is 0.420 e. The Morgan fingerprint density at radius 1 is 1.29 bits per heavy atom. The van der Waals surface area contributed by atoms with Gasteiger partial charge in [0.15, 0.2) is 0 Å². The van der Waals surface area contributed by atoms with Crippen molar-refractivity contribution in [2.45, 2.75) is 25.1 Å². The highest BCUT2D eigenvalue weighted by Gasteiger charge is 2.35. The van der Waals surface area contributed by atoms with Gasteiger partial charge in [-0.2, -0.15) is 13.2 Å². The lowest BCUT2D eigenvalue weighted by molar-refractivity contribution is -0.139. The van der Waals surface area contributed by atoms with Crippen molar-refractivity contribution in [1.29, 1.82) is 0 Å². The molecule has 94 valence electrons. The second kappa shape index (κ2) is 4.91. The number of aromatic nitrogens is 1. The van der Waals surface area contributed by atoms with E-state index in [1.807, 2.05) is 0 Å². The molecule has 1 N–H and O–H groups in total. The largest absolute Gasteiger partial charge is 0.488 e. The summed E-state index contributed by atoms with van der Waals surface area (Å²) in [6.45, 7) is 1.54. The van der Waals surface area contributed by atoms with Gasteiger partial charge in [0.1, 0.15) is 17.4 Å². The summed E-state index contributed by atoms with van der Waals surface area (Å²) >= 11 is 0. The van der Waals surface area contributed by atoms with Gasteiger partial charge in [-0.25, -0.2) is 0 Å². The number of nitrogens with zero attached hydrogens (tertiary/aromatic N) is 1. The quantitative estimate of drug-likeness (QED) is 0.868. The number of piperidine rings is 1. The molecule has 0 atom stereocenters. The Balaban J connectivity index is 2.14. The van der Waals surface area contributed by atoms with Crippen molar-refractivity contribution in [3.63, 3.8) is 0 Å². The van der Waals surface area contributed by atoms with Gasteiger partial charge in [0.2, 0.25) is 0 Å². The maximum atomic E-state index is 12.7. The van der Waals surface area contributed by atoms with Crippen molar-refractivity contribution < 1.29 is 17.9 Å². The monoisotopic (exact) mass is 246 g/mol. The van der Waals surface area contributed by atoms with Crippen molar-refractivity contribution in [1.82, 2.24) is 10.3 Å². The van der Waals surface area contributed by atoms with E-state index in [2.05, 4.69) is 10.3 Å². The molecule has 6 heteroatoms. The molecule has 1 aromatic rings. The molecule has 2 rings (SSSR count). The van der Waals surface area contributed by atoms with Gasteiger partial charge in [0.05, 0.1) is 6.20 Å². The zero-order chi connectivity index (χ0) is 12.3. The minimum atomic E-state index is -4.40. The molecule has 0 bridgehead atoms. The highest BCUT2D eigenvalue weighted by atomic mass is 19.4. The van der Waals surface area contributed by atoms with Crippen LogP contribution in [0.1, 0.15) is 18.4 Å². The lowest BCUT2D eigenvalue weighted by Gasteiger charge is -2.25. The summed E-state index contributed by atoms with van der Waals surface area (Å²) in [6.07, 6.45) is -0.881. The number of halogens is 3. The molecule has 17 heavy (non-hydrogen) atoms. The number of alkyl halides is 3. The van der Waals surface area contributed by atoms with Gasteiger partial charge in [-0.05, 0) is 32.0 Å². The van der Waals surface area contributed by atoms with Crippen LogP contribution in [0.5, 0.6) is 5.75 Å². The third kappa shape index (κ3) is 3.09. The zero-order valence-electron chi connectivity index (χ0n) is 9.13. The van der Waals surface area contributed by atoms with Gasteiger partial charge in [-0.3, -0.25) is 4.98 Å². The van der Waals surface area contributed by atoms with Crippen LogP contribution < -0.4 is 10.1 Å². The molecule has 1 aliphatic rings. The molecule has 1 aliphatic heterocycles. The van der Waals surface area contributed by atoms with Crippen LogP contribution in [-0.2, 0) is 6.18 Å². The molecule has 0 unspecified atom stereocenters. The topological polar surface area (TPSA) is 34.1 Å². The predicted molar refractivity (Wildman–Crippen MR) is 55.8 cm³/mol. The first-order chi connectivity index (χ1) is 8.07. The minimum Gasteiger partial charge on any atom is -0.488 e. The van der Waals surface area contributed by atoms with E-state index in [1.165, 1.54) is 0 Å². The highest BCUT2D eigenvalue weighted by molar-refractivity contribution is 5.32. The predicted octanol–water partition coefficient (Wildman–Crippen LogP) is 2.23. The van der Waals surface area contributed by atoms with Crippen molar-refractivity contribution in [3.05, 3.63) is 24.0 Å². The van der Waals surface area contributed by atoms with Crippen LogP contribution in [-0.4, -0.2) is 24.2 Å². The molecule has 0 saturated carbocycles. The minimum absolute atomic E-state index is 0.165. The van der Waals surface area contributed by atoms with Crippen LogP contribution in [0.4, 0.5) is 13.2 Å². The molecule has 0 radical (unpaired) electrons. The second-order valence-electron chi connectivity index (χ2n) is 3.94. The fraction of sp³-hybridized carbons (Fsp3) is 0.545. The lowest BCUT2D eigenvalue weighted by atomic mass is 10.1. The number of ether oxygens (including phenoxy) is 1. The Morgan fingerprint density at radius 2 is 2.00 bits per heavy atom. The van der Waals surface area contributed by atoms with E-state index < -0.39 is 11.7 Å². The molecule has 1 saturated heterocycles. The smallest absolute Gasteiger partial charge is 0.420 e. The van der Waals surface area contributed by atoms with E-state index in [4.69, 9.17) is 4.74 Å². The lowest BCUT2D eigenvalue weighted by Crippen LogP contribution is -2.34. The Morgan fingerprint density at radius 3 is 2.65 bits per heavy atom. The fourth-order valence-corrected chi connectivity index (χ4v) is 1.80. The van der Waals surface area contributed by atoms with E-state index in [9.17, 15) is 13.2 Å². The average molecular weight is 246 g/mol. The van der Waals surface area contributed by atoms with E-state index in [0.29, 0.717) is 12.8 Å². The standard InChI is InChI=1S/C11H13F3N2O/c12-11(13,14)9-3-6-16-7-10(9)17-8-1-4-15-5-2-8/h3,6-8,15H,1-2,4-5H2. The third-order valence-electron chi connectivity index (χ3n) is 2.67. The summed E-state index contributed by atoms with van der Waals surface area (Å²) in [6, 6.07) is 0.941. The van der Waals surface area contributed by atoms with Crippen molar-refractivity contribution >= 4 is 0 Å². The fourth-order valence-electron chi connectivity index (χ4n) is 1.80. The zero-order valence-corrected chi connectivity index (χ0v) is 9.13. The van der Waals surface area contributed by atoms with Crippen molar-refractivity contribution in [3.8, 4) is 5.75 Å². The summed E-state index contributed by atoms with van der Waals surface area (Å²) in [4.78, 5) is 3.68. The van der Waals surface area contributed by atoms with Gasteiger partial charge in [0.25, 0.3) is 0 Å². The van der Waals surface area contributed by atoms with E-state index in [0.717, 1.165) is 31.5 Å². The first-order valence-corrected chi connectivity index (χ1v) is 5.46. The molecule has 1 aromatic heterocycles. The van der Waals surface area contributed by atoms with Gasteiger partial charge in [-0.15, -0.1) is 0 Å². The number of nitrogens with one attached hydrogen (secondary N) is 1. The normalized spacial score (nSPS) is 18.1. The Kier molecular flexibility index (Phi) is 3.51. The summed E-state index contributed by atoms with van der Waals surface area (Å²) in [5.74, 6) is -0.174. The summed E-state index contributed by atoms with van der Waals surface area (Å²) in [5, 5.41) is 3.13. The number of hydrogen-bond donors (Lipinski definition) is 1. The molecule has 3 nitrogen and oxygen atoms in total. The number of hydrogen-bond acceptors (Lipinski definition) is 3. The van der Waals surface area contributed by atoms with Crippen molar-refractivity contribution in [2.24, 2.45) is 0 Å². The maximum absolute atomic E-state index is 12.7. The molecular formula is C11H13F3N2O. The number of pyridine rings is 1. The van der Waals surface area contributed by atoms with Gasteiger partial charge < -0.3 is 10.1 Å². The Hall–Kier alpha value is -1.30. The van der Waals surface area contributed by atoms with Crippen molar-refractivity contribution in [2.75, 3.05) is 13.1 Å². The summed E-state index contributed by atoms with van der Waals surface area (Å²) in [5.41, 5.74) is -0.758. The van der Waals surface area contributed by atoms with Gasteiger partial charge in [0, 0.05) is 6.20 Å². The second-order valence-corrected chi connectivity index (χ2v) is 3.94. The summed E-state index contributed by atoms with van der Waals surface area (Å²) < 4.78 is 43.4. The molecule has 0 spiro atoms. The highest BCUT2D eigenvalue weighted by Crippen LogP contribution is 2.36.